The summed E-state index contributed by atoms with van der Waals surface area (Å²) in [5.41, 5.74) is 3.89. The number of nitrogens with one attached hydrogen (secondary N) is 1. The van der Waals surface area contributed by atoms with Gasteiger partial charge in [-0.2, -0.15) is 5.10 Å². The number of fused-ring (bicyclic) bond motifs is 2. The molecule has 2 aromatic carbocycles. The van der Waals surface area contributed by atoms with Crippen molar-refractivity contribution in [3.63, 3.8) is 0 Å². The molecule has 1 aliphatic heterocycles. The Kier molecular flexibility index (Phi) is 4.04. The number of carbonyl (C=O) groups is 1. The van der Waals surface area contributed by atoms with Gasteiger partial charge in [0.15, 0.2) is 0 Å². The SMILES string of the molecule is O=C(N/N=C\c1ccc(F)cc1)c1ccc2c(=O)n3c(nc2c1)CCC3. The van der Waals surface area contributed by atoms with E-state index < -0.39 is 5.91 Å². The first kappa shape index (κ1) is 16.1. The topological polar surface area (TPSA) is 76.3 Å². The maximum atomic E-state index is 12.9. The van der Waals surface area contributed by atoms with Gasteiger partial charge in [-0.15, -0.1) is 0 Å². The van der Waals surface area contributed by atoms with E-state index in [1.807, 2.05) is 0 Å². The molecule has 0 aliphatic carbocycles. The Morgan fingerprint density at radius 1 is 1.23 bits per heavy atom. The molecule has 6 nitrogen and oxygen atoms in total. The Balaban J connectivity index is 1.56. The van der Waals surface area contributed by atoms with Crippen LogP contribution in [0.15, 0.2) is 52.4 Å². The van der Waals surface area contributed by atoms with Gasteiger partial charge in [-0.25, -0.2) is 14.8 Å². The molecular formula is C19H15FN4O2. The fourth-order valence-corrected chi connectivity index (χ4v) is 3.00. The quantitative estimate of drug-likeness (QED) is 0.581. The van der Waals surface area contributed by atoms with Crippen LogP contribution >= 0.6 is 0 Å². The van der Waals surface area contributed by atoms with E-state index in [-0.39, 0.29) is 11.4 Å². The van der Waals surface area contributed by atoms with Crippen molar-refractivity contribution in [2.24, 2.45) is 5.10 Å². The summed E-state index contributed by atoms with van der Waals surface area (Å²) in [6, 6.07) is 10.5. The van der Waals surface area contributed by atoms with Crippen LogP contribution in [0.2, 0.25) is 0 Å². The minimum Gasteiger partial charge on any atom is -0.296 e. The number of aromatic nitrogens is 2. The van der Waals surface area contributed by atoms with E-state index in [9.17, 15) is 14.0 Å². The van der Waals surface area contributed by atoms with Crippen molar-refractivity contribution in [3.05, 3.63) is 75.6 Å². The Bertz CT molecular complexity index is 1090. The average molecular weight is 350 g/mol. The highest BCUT2D eigenvalue weighted by atomic mass is 19.1. The maximum Gasteiger partial charge on any atom is 0.271 e. The lowest BCUT2D eigenvalue weighted by Gasteiger charge is -2.06. The predicted octanol–water partition coefficient (Wildman–Crippen LogP) is 2.25. The van der Waals surface area contributed by atoms with Gasteiger partial charge in [-0.3, -0.25) is 14.2 Å². The molecule has 130 valence electrons. The molecule has 0 atom stereocenters. The fraction of sp³-hybridized carbons (Fsp3) is 0.158. The molecule has 7 heteroatoms. The van der Waals surface area contributed by atoms with Crippen LogP contribution in [-0.4, -0.2) is 21.7 Å². The molecule has 2 heterocycles. The molecule has 3 aromatic rings. The van der Waals surface area contributed by atoms with Crippen LogP contribution in [0, 0.1) is 5.82 Å². The van der Waals surface area contributed by atoms with Gasteiger partial charge in [0.05, 0.1) is 17.1 Å². The first-order valence-electron chi connectivity index (χ1n) is 8.24. The average Bonchev–Trinajstić information content (AvgIpc) is 3.12. The van der Waals surface area contributed by atoms with E-state index in [1.165, 1.54) is 18.3 Å². The minimum atomic E-state index is -0.410. The first-order valence-corrected chi connectivity index (χ1v) is 8.24. The molecule has 1 aliphatic rings. The molecule has 0 radical (unpaired) electrons. The summed E-state index contributed by atoms with van der Waals surface area (Å²) in [5, 5.41) is 4.37. The summed E-state index contributed by atoms with van der Waals surface area (Å²) in [6.45, 7) is 0.692. The van der Waals surface area contributed by atoms with Crippen LogP contribution in [0.1, 0.15) is 28.2 Å². The summed E-state index contributed by atoms with van der Waals surface area (Å²) >= 11 is 0. The number of benzene rings is 2. The number of hydrazone groups is 1. The van der Waals surface area contributed by atoms with Crippen molar-refractivity contribution in [1.82, 2.24) is 15.0 Å². The molecule has 0 saturated heterocycles. The Morgan fingerprint density at radius 2 is 2.04 bits per heavy atom. The van der Waals surface area contributed by atoms with Crippen LogP contribution in [0.4, 0.5) is 4.39 Å². The third-order valence-corrected chi connectivity index (χ3v) is 4.33. The number of hydrogen-bond acceptors (Lipinski definition) is 4. The van der Waals surface area contributed by atoms with Crippen LogP contribution in [0.25, 0.3) is 10.9 Å². The summed E-state index contributed by atoms with van der Waals surface area (Å²) in [4.78, 5) is 29.2. The number of aryl methyl sites for hydroxylation is 1. The van der Waals surface area contributed by atoms with Crippen LogP contribution in [0.3, 0.4) is 0 Å². The van der Waals surface area contributed by atoms with Crippen molar-refractivity contribution in [2.75, 3.05) is 0 Å². The number of carbonyl (C=O) groups excluding carboxylic acids is 1. The second kappa shape index (κ2) is 6.51. The van der Waals surface area contributed by atoms with Gasteiger partial charge in [0.1, 0.15) is 11.6 Å². The van der Waals surface area contributed by atoms with Crippen LogP contribution in [-0.2, 0) is 13.0 Å². The zero-order chi connectivity index (χ0) is 18.1. The van der Waals surface area contributed by atoms with Gasteiger partial charge in [-0.05, 0) is 42.3 Å². The molecule has 0 bridgehead atoms. The largest absolute Gasteiger partial charge is 0.296 e. The smallest absolute Gasteiger partial charge is 0.271 e. The number of halogens is 1. The molecule has 0 fully saturated rings. The number of hydrogen-bond donors (Lipinski definition) is 1. The third-order valence-electron chi connectivity index (χ3n) is 4.33. The molecule has 1 amide bonds. The van der Waals surface area contributed by atoms with Crippen molar-refractivity contribution in [2.45, 2.75) is 19.4 Å². The molecule has 26 heavy (non-hydrogen) atoms. The van der Waals surface area contributed by atoms with E-state index in [4.69, 9.17) is 0 Å². The first-order chi connectivity index (χ1) is 12.6. The van der Waals surface area contributed by atoms with Gasteiger partial charge in [-0.1, -0.05) is 12.1 Å². The summed E-state index contributed by atoms with van der Waals surface area (Å²) in [6.07, 6.45) is 3.10. The van der Waals surface area contributed by atoms with E-state index in [1.54, 1.807) is 34.9 Å². The highest BCUT2D eigenvalue weighted by Gasteiger charge is 2.16. The second-order valence-electron chi connectivity index (χ2n) is 6.07. The normalized spacial score (nSPS) is 13.3. The third kappa shape index (κ3) is 2.99. The Labute approximate surface area is 148 Å². The van der Waals surface area contributed by atoms with Gasteiger partial charge in [0.25, 0.3) is 11.5 Å². The molecule has 0 unspecified atom stereocenters. The zero-order valence-electron chi connectivity index (χ0n) is 13.8. The molecule has 1 N–H and O–H groups in total. The summed E-state index contributed by atoms with van der Waals surface area (Å²) in [5.74, 6) is 0.0132. The van der Waals surface area contributed by atoms with E-state index in [0.717, 1.165) is 18.7 Å². The second-order valence-corrected chi connectivity index (χ2v) is 6.07. The molecule has 0 saturated carbocycles. The number of rotatable bonds is 3. The lowest BCUT2D eigenvalue weighted by molar-refractivity contribution is 0.0955. The summed E-state index contributed by atoms with van der Waals surface area (Å²) < 4.78 is 14.5. The zero-order valence-corrected chi connectivity index (χ0v) is 13.8. The number of amides is 1. The molecule has 0 spiro atoms. The number of nitrogens with zero attached hydrogens (tertiary/aromatic N) is 3. The van der Waals surface area contributed by atoms with Crippen LogP contribution < -0.4 is 11.0 Å². The van der Waals surface area contributed by atoms with E-state index in [0.29, 0.717) is 28.6 Å². The van der Waals surface area contributed by atoms with Crippen molar-refractivity contribution in [3.8, 4) is 0 Å². The van der Waals surface area contributed by atoms with Gasteiger partial charge in [0, 0.05) is 18.5 Å². The van der Waals surface area contributed by atoms with Crippen molar-refractivity contribution in [1.29, 1.82) is 0 Å². The van der Waals surface area contributed by atoms with Gasteiger partial charge >= 0.3 is 0 Å². The molecule has 4 rings (SSSR count). The fourth-order valence-electron chi connectivity index (χ4n) is 3.00. The van der Waals surface area contributed by atoms with Crippen molar-refractivity contribution < 1.29 is 9.18 Å². The van der Waals surface area contributed by atoms with E-state index in [2.05, 4.69) is 15.5 Å². The molecule has 1 aromatic heterocycles. The molecular weight excluding hydrogens is 335 g/mol. The standard InChI is InChI=1S/C19H15FN4O2/c20-14-6-3-12(4-7-14)11-21-23-18(25)13-5-8-15-16(10-13)22-17-2-1-9-24(17)19(15)26/h3-8,10-11H,1-2,9H2,(H,23,25)/b21-11-. The highest BCUT2D eigenvalue weighted by Crippen LogP contribution is 2.16. The van der Waals surface area contributed by atoms with Crippen LogP contribution in [0.5, 0.6) is 0 Å². The summed E-state index contributed by atoms with van der Waals surface area (Å²) in [7, 11) is 0. The minimum absolute atomic E-state index is 0.0659. The van der Waals surface area contributed by atoms with E-state index >= 15 is 0 Å². The van der Waals surface area contributed by atoms with Gasteiger partial charge in [0.2, 0.25) is 0 Å². The monoisotopic (exact) mass is 350 g/mol. The predicted molar refractivity (Wildman–Crippen MR) is 95.8 cm³/mol. The Hall–Kier alpha value is -3.35. The van der Waals surface area contributed by atoms with Gasteiger partial charge < -0.3 is 0 Å². The highest BCUT2D eigenvalue weighted by molar-refractivity contribution is 5.98. The Morgan fingerprint density at radius 3 is 2.85 bits per heavy atom. The maximum absolute atomic E-state index is 12.9. The lowest BCUT2D eigenvalue weighted by Crippen LogP contribution is -2.22. The lowest BCUT2D eigenvalue weighted by atomic mass is 10.1. The van der Waals surface area contributed by atoms with Crippen molar-refractivity contribution >= 4 is 23.0 Å².